The molecule has 0 unspecified atom stereocenters. The molecule has 0 spiro atoms. The van der Waals surface area contributed by atoms with Gasteiger partial charge in [-0.1, -0.05) is 23.8 Å². The van der Waals surface area contributed by atoms with Crippen LogP contribution in [0.25, 0.3) is 11.1 Å². The first kappa shape index (κ1) is 19.4. The Kier molecular flexibility index (Phi) is 4.76. The first-order chi connectivity index (χ1) is 12.9. The van der Waals surface area contributed by atoms with Gasteiger partial charge in [0.2, 0.25) is 0 Å². The second-order valence-corrected chi connectivity index (χ2v) is 10.5. The molecule has 1 fully saturated rings. The number of rotatable bonds is 1. The fraction of sp³-hybridized carbons (Fsp3) is 0.455. The molecule has 0 aromatic heterocycles. The van der Waals surface area contributed by atoms with Crippen molar-refractivity contribution in [2.24, 2.45) is 0 Å². The lowest BCUT2D eigenvalue weighted by atomic mass is 9.87. The number of piperidine rings is 1. The molecule has 3 aliphatic heterocycles. The third-order valence-electron chi connectivity index (χ3n) is 6.46. The molecule has 0 bridgehead atoms. The summed E-state index contributed by atoms with van der Waals surface area (Å²) in [5.41, 5.74) is 8.41. The van der Waals surface area contributed by atoms with Gasteiger partial charge in [-0.25, -0.2) is 8.42 Å². The van der Waals surface area contributed by atoms with Gasteiger partial charge in [0, 0.05) is 30.7 Å². The number of benzene rings is 2. The van der Waals surface area contributed by atoms with Gasteiger partial charge >= 0.3 is 0 Å². The normalized spacial score (nSPS) is 24.7. The predicted octanol–water partition coefficient (Wildman–Crippen LogP) is 2.34. The molecule has 1 saturated heterocycles. The average Bonchev–Trinajstić information content (AvgIpc) is 2.86. The van der Waals surface area contributed by atoms with E-state index in [-0.39, 0.29) is 17.0 Å². The van der Waals surface area contributed by atoms with Crippen LogP contribution >= 0.6 is 0 Å². The minimum absolute atomic E-state index is 0. The Morgan fingerprint density at radius 3 is 2.75 bits per heavy atom. The molecule has 150 valence electrons. The fourth-order valence-corrected chi connectivity index (χ4v) is 6.59. The van der Waals surface area contributed by atoms with E-state index in [0.29, 0.717) is 18.5 Å². The largest absolute Gasteiger partial charge is 0.412 e. The molecule has 6 heteroatoms. The number of hydrogen-bond donors (Lipinski definition) is 1. The van der Waals surface area contributed by atoms with E-state index >= 15 is 0 Å². The third kappa shape index (κ3) is 3.04. The first-order valence-corrected chi connectivity index (χ1v) is 11.7. The number of hydrogen-bond acceptors (Lipinski definition) is 4. The molecule has 3 aliphatic rings. The van der Waals surface area contributed by atoms with Crippen LogP contribution in [0.2, 0.25) is 0 Å². The van der Waals surface area contributed by atoms with Crippen LogP contribution in [0, 0.1) is 13.8 Å². The molecule has 3 N–H and O–H groups in total. The van der Waals surface area contributed by atoms with Crippen LogP contribution in [-0.2, 0) is 15.6 Å². The second kappa shape index (κ2) is 6.87. The van der Waals surface area contributed by atoms with E-state index in [2.05, 4.69) is 54.4 Å². The summed E-state index contributed by atoms with van der Waals surface area (Å²) in [7, 11) is -3.06. The Hall–Kier alpha value is -1.89. The monoisotopic (exact) mass is 400 g/mol. The summed E-state index contributed by atoms with van der Waals surface area (Å²) < 4.78 is 25.2. The van der Waals surface area contributed by atoms with Crippen LogP contribution in [0.5, 0.6) is 0 Å². The highest BCUT2D eigenvalue weighted by molar-refractivity contribution is 7.90. The van der Waals surface area contributed by atoms with E-state index in [9.17, 15) is 8.42 Å². The highest BCUT2D eigenvalue weighted by Gasteiger charge is 2.43. The molecule has 2 atom stereocenters. The summed E-state index contributed by atoms with van der Waals surface area (Å²) in [4.78, 5) is 2.41. The first-order valence-electron chi connectivity index (χ1n) is 9.85. The van der Waals surface area contributed by atoms with Crippen LogP contribution in [0.4, 0.5) is 5.69 Å². The van der Waals surface area contributed by atoms with Crippen molar-refractivity contribution in [1.82, 2.24) is 5.32 Å². The van der Waals surface area contributed by atoms with Crippen molar-refractivity contribution in [1.29, 1.82) is 0 Å². The molecule has 0 radical (unpaired) electrons. The summed E-state index contributed by atoms with van der Waals surface area (Å²) >= 11 is 0. The van der Waals surface area contributed by atoms with Crippen molar-refractivity contribution < 1.29 is 13.9 Å². The highest BCUT2D eigenvalue weighted by Crippen LogP contribution is 2.48. The van der Waals surface area contributed by atoms with E-state index < -0.39 is 9.84 Å². The molecule has 2 aromatic rings. The van der Waals surface area contributed by atoms with E-state index in [1.54, 1.807) is 0 Å². The quantitative estimate of drug-likeness (QED) is 0.797. The van der Waals surface area contributed by atoms with Gasteiger partial charge in [-0.05, 0) is 66.8 Å². The number of aryl methyl sites for hydroxylation is 2. The summed E-state index contributed by atoms with van der Waals surface area (Å²) in [6.07, 6.45) is 1.08. The van der Waals surface area contributed by atoms with Gasteiger partial charge in [0.15, 0.2) is 9.84 Å². The molecule has 0 amide bonds. The minimum Gasteiger partial charge on any atom is -0.412 e. The summed E-state index contributed by atoms with van der Waals surface area (Å²) in [5, 5.41) is 3.55. The molecule has 5 nitrogen and oxygen atoms in total. The summed E-state index contributed by atoms with van der Waals surface area (Å²) in [6, 6.07) is 11.4. The molecule has 0 saturated carbocycles. The smallest absolute Gasteiger partial charge is 0.156 e. The third-order valence-corrected chi connectivity index (χ3v) is 8.02. The number of nitrogens with zero attached hydrogens (tertiary/aromatic N) is 1. The van der Waals surface area contributed by atoms with Gasteiger partial charge in [0.25, 0.3) is 0 Å². The van der Waals surface area contributed by atoms with E-state index in [4.69, 9.17) is 0 Å². The second-order valence-electron chi connectivity index (χ2n) is 8.34. The molecule has 5 rings (SSSR count). The van der Waals surface area contributed by atoms with Crippen molar-refractivity contribution in [2.45, 2.75) is 38.0 Å². The average molecular weight is 401 g/mol. The molecule has 2 aromatic carbocycles. The van der Waals surface area contributed by atoms with Crippen molar-refractivity contribution >= 4 is 15.5 Å². The Labute approximate surface area is 167 Å². The van der Waals surface area contributed by atoms with Crippen molar-refractivity contribution in [2.75, 3.05) is 30.3 Å². The van der Waals surface area contributed by atoms with Crippen molar-refractivity contribution in [3.8, 4) is 11.1 Å². The van der Waals surface area contributed by atoms with Crippen LogP contribution in [0.1, 0.15) is 34.6 Å². The minimum atomic E-state index is -3.06. The van der Waals surface area contributed by atoms with Crippen LogP contribution in [-0.4, -0.2) is 45.3 Å². The lowest BCUT2D eigenvalue weighted by Crippen LogP contribution is -2.45. The molecule has 3 heterocycles. The SMILES string of the molecule is Cc1ccc(-c2cc3c4c(c2)[C@@H]2CNCC[C@@H]2N4CCS(=O)(=O)C3)c(C)c1.O. The summed E-state index contributed by atoms with van der Waals surface area (Å²) in [6.45, 7) is 6.87. The number of sulfone groups is 1. The Bertz CT molecular complexity index is 1030. The van der Waals surface area contributed by atoms with Crippen LogP contribution in [0.3, 0.4) is 0 Å². The van der Waals surface area contributed by atoms with Crippen molar-refractivity contribution in [3.63, 3.8) is 0 Å². The number of fused-ring (bicyclic) bond motifs is 3. The van der Waals surface area contributed by atoms with Gasteiger partial charge in [-0.15, -0.1) is 0 Å². The van der Waals surface area contributed by atoms with E-state index in [0.717, 1.165) is 30.6 Å². The van der Waals surface area contributed by atoms with E-state index in [1.807, 2.05) is 0 Å². The maximum Gasteiger partial charge on any atom is 0.156 e. The molecular weight excluding hydrogens is 372 g/mol. The van der Waals surface area contributed by atoms with Gasteiger partial charge in [0.1, 0.15) is 0 Å². The molecular formula is C22H28N2O3S. The predicted molar refractivity (Wildman–Crippen MR) is 114 cm³/mol. The maximum atomic E-state index is 12.6. The maximum absolute atomic E-state index is 12.6. The Balaban J connectivity index is 0.00000192. The summed E-state index contributed by atoms with van der Waals surface area (Å²) in [5.74, 6) is 0.882. The van der Waals surface area contributed by atoms with Crippen LogP contribution < -0.4 is 10.2 Å². The Morgan fingerprint density at radius 2 is 1.96 bits per heavy atom. The topological polar surface area (TPSA) is 80.9 Å². The standard InChI is InChI=1S/C22H26N2O2S.H2O/c1-14-3-4-18(15(2)9-14)16-10-17-13-27(25,26)8-7-24-21-5-6-23-12-20(21)19(11-16)22(17)24;/h3-4,9-11,20-21,23H,5-8,12-13H2,1-2H3;1H2/t20-,21-;/m0./s1. The Morgan fingerprint density at radius 1 is 1.14 bits per heavy atom. The van der Waals surface area contributed by atoms with Gasteiger partial charge < -0.3 is 15.7 Å². The lowest BCUT2D eigenvalue weighted by molar-refractivity contribution is 0.406. The molecule has 28 heavy (non-hydrogen) atoms. The van der Waals surface area contributed by atoms with Crippen molar-refractivity contribution in [3.05, 3.63) is 52.6 Å². The zero-order valence-electron chi connectivity index (χ0n) is 16.5. The molecule has 0 aliphatic carbocycles. The fourth-order valence-electron chi connectivity index (χ4n) is 5.28. The lowest BCUT2D eigenvalue weighted by Gasteiger charge is -2.33. The zero-order valence-corrected chi connectivity index (χ0v) is 17.3. The number of nitrogens with one attached hydrogen (secondary N) is 1. The highest BCUT2D eigenvalue weighted by atomic mass is 32.2. The van der Waals surface area contributed by atoms with Crippen LogP contribution in [0.15, 0.2) is 30.3 Å². The van der Waals surface area contributed by atoms with Gasteiger partial charge in [-0.2, -0.15) is 0 Å². The van der Waals surface area contributed by atoms with Gasteiger partial charge in [0.05, 0.1) is 11.5 Å². The number of anilines is 1. The van der Waals surface area contributed by atoms with Gasteiger partial charge in [-0.3, -0.25) is 0 Å². The zero-order chi connectivity index (χ0) is 18.8. The van der Waals surface area contributed by atoms with E-state index in [1.165, 1.54) is 27.9 Å².